The maximum atomic E-state index is 12.4. The third-order valence-electron chi connectivity index (χ3n) is 4.56. The maximum Gasteiger partial charge on any atom is 0.261 e. The Hall–Kier alpha value is -2.95. The first-order valence-electron chi connectivity index (χ1n) is 8.91. The van der Waals surface area contributed by atoms with Gasteiger partial charge in [0.1, 0.15) is 0 Å². The Balaban J connectivity index is 1.60. The van der Waals surface area contributed by atoms with Crippen LogP contribution in [0.15, 0.2) is 54.6 Å². The number of nitrogens with zero attached hydrogens (tertiary/aromatic N) is 1. The molecule has 0 fully saturated rings. The van der Waals surface area contributed by atoms with Crippen molar-refractivity contribution in [1.29, 1.82) is 0 Å². The topological polar surface area (TPSA) is 66.5 Å². The summed E-state index contributed by atoms with van der Waals surface area (Å²) in [6.07, 6.45) is 1.87. The Labute approximate surface area is 153 Å². The van der Waals surface area contributed by atoms with E-state index < -0.39 is 0 Å². The number of carbonyl (C=O) groups excluding carboxylic acids is 3. The molecule has 5 nitrogen and oxygen atoms in total. The van der Waals surface area contributed by atoms with Crippen LogP contribution in [0.1, 0.15) is 58.5 Å². The normalized spacial score (nSPS) is 14.3. The van der Waals surface area contributed by atoms with Gasteiger partial charge in [-0.05, 0) is 24.1 Å². The van der Waals surface area contributed by atoms with Crippen LogP contribution in [0, 0.1) is 0 Å². The van der Waals surface area contributed by atoms with Crippen LogP contribution < -0.4 is 5.32 Å². The molecule has 0 unspecified atom stereocenters. The van der Waals surface area contributed by atoms with Crippen molar-refractivity contribution in [2.24, 2.45) is 0 Å². The van der Waals surface area contributed by atoms with E-state index in [1.54, 1.807) is 24.3 Å². The first kappa shape index (κ1) is 17.9. The third kappa shape index (κ3) is 3.67. The number of benzene rings is 2. The van der Waals surface area contributed by atoms with Crippen LogP contribution in [0.5, 0.6) is 0 Å². The van der Waals surface area contributed by atoms with Gasteiger partial charge in [0.2, 0.25) is 5.91 Å². The summed E-state index contributed by atoms with van der Waals surface area (Å²) in [4.78, 5) is 38.2. The van der Waals surface area contributed by atoms with Crippen LogP contribution in [0.4, 0.5) is 0 Å². The molecule has 0 saturated heterocycles. The molecule has 0 spiro atoms. The molecule has 0 aliphatic carbocycles. The number of rotatable bonds is 7. The number of nitrogens with one attached hydrogen (secondary N) is 1. The smallest absolute Gasteiger partial charge is 0.261 e. The first-order valence-corrected chi connectivity index (χ1v) is 8.91. The van der Waals surface area contributed by atoms with Crippen LogP contribution in [-0.2, 0) is 4.79 Å². The van der Waals surface area contributed by atoms with E-state index in [0.29, 0.717) is 11.1 Å². The molecule has 1 aliphatic heterocycles. The Morgan fingerprint density at radius 1 is 0.962 bits per heavy atom. The van der Waals surface area contributed by atoms with E-state index in [1.165, 1.54) is 0 Å². The van der Waals surface area contributed by atoms with Crippen LogP contribution >= 0.6 is 0 Å². The van der Waals surface area contributed by atoms with E-state index in [0.717, 1.165) is 23.3 Å². The highest BCUT2D eigenvalue weighted by Gasteiger charge is 2.35. The largest absolute Gasteiger partial charge is 0.349 e. The summed E-state index contributed by atoms with van der Waals surface area (Å²) < 4.78 is 0. The van der Waals surface area contributed by atoms with Crippen LogP contribution in [0.25, 0.3) is 0 Å². The molecule has 0 bridgehead atoms. The highest BCUT2D eigenvalue weighted by Crippen LogP contribution is 2.23. The zero-order valence-corrected chi connectivity index (χ0v) is 14.8. The summed E-state index contributed by atoms with van der Waals surface area (Å²) in [6.45, 7) is 2.16. The fourth-order valence-corrected chi connectivity index (χ4v) is 3.22. The van der Waals surface area contributed by atoms with Gasteiger partial charge in [-0.2, -0.15) is 0 Å². The van der Waals surface area contributed by atoms with Gasteiger partial charge in [0.15, 0.2) is 0 Å². The van der Waals surface area contributed by atoms with E-state index in [9.17, 15) is 14.4 Å². The molecular weight excluding hydrogens is 328 g/mol. The summed E-state index contributed by atoms with van der Waals surface area (Å²) in [5.74, 6) is -0.818. The van der Waals surface area contributed by atoms with Gasteiger partial charge >= 0.3 is 0 Å². The van der Waals surface area contributed by atoms with E-state index >= 15 is 0 Å². The molecule has 2 aromatic carbocycles. The van der Waals surface area contributed by atoms with Crippen molar-refractivity contribution >= 4 is 17.7 Å². The van der Waals surface area contributed by atoms with E-state index in [4.69, 9.17) is 0 Å². The molecule has 1 heterocycles. The van der Waals surface area contributed by atoms with Gasteiger partial charge in [0.05, 0.1) is 17.2 Å². The van der Waals surface area contributed by atoms with E-state index in [2.05, 4.69) is 12.2 Å². The Morgan fingerprint density at radius 2 is 1.54 bits per heavy atom. The summed E-state index contributed by atoms with van der Waals surface area (Å²) in [5, 5.41) is 3.02. The lowest BCUT2D eigenvalue weighted by atomic mass is 10.0. The zero-order valence-electron chi connectivity index (χ0n) is 14.8. The van der Waals surface area contributed by atoms with Gasteiger partial charge in [0, 0.05) is 13.0 Å². The number of amides is 3. The van der Waals surface area contributed by atoms with Crippen molar-refractivity contribution in [1.82, 2.24) is 10.2 Å². The average Bonchev–Trinajstić information content (AvgIpc) is 2.91. The quantitative estimate of drug-likeness (QED) is 0.779. The number of fused-ring (bicyclic) bond motifs is 1. The van der Waals surface area contributed by atoms with Crippen LogP contribution in [0.3, 0.4) is 0 Å². The standard InChI is InChI=1S/C21H22N2O3/c1-2-8-18(15-9-4-3-5-10-15)22-19(24)13-14-23-20(25)16-11-6-7-12-17(16)21(23)26/h3-7,9-12,18H,2,8,13-14H2,1H3,(H,22,24)/t18-/m1/s1. The molecule has 26 heavy (non-hydrogen) atoms. The van der Waals surface area contributed by atoms with Gasteiger partial charge in [-0.3, -0.25) is 19.3 Å². The molecular formula is C21H22N2O3. The molecule has 1 atom stereocenters. The van der Waals surface area contributed by atoms with Crippen molar-refractivity contribution in [3.05, 3.63) is 71.3 Å². The monoisotopic (exact) mass is 350 g/mol. The van der Waals surface area contributed by atoms with Crippen molar-refractivity contribution in [2.45, 2.75) is 32.2 Å². The number of hydrogen-bond acceptors (Lipinski definition) is 3. The lowest BCUT2D eigenvalue weighted by Crippen LogP contribution is -2.35. The summed E-state index contributed by atoms with van der Waals surface area (Å²) in [7, 11) is 0. The Morgan fingerprint density at radius 3 is 2.12 bits per heavy atom. The molecule has 0 aromatic heterocycles. The maximum absolute atomic E-state index is 12.4. The summed E-state index contributed by atoms with van der Waals surface area (Å²) >= 11 is 0. The van der Waals surface area contributed by atoms with Crippen LogP contribution in [-0.4, -0.2) is 29.2 Å². The molecule has 0 radical (unpaired) electrons. The average molecular weight is 350 g/mol. The summed E-state index contributed by atoms with van der Waals surface area (Å²) in [5.41, 5.74) is 1.88. The molecule has 5 heteroatoms. The highest BCUT2D eigenvalue weighted by atomic mass is 16.2. The predicted molar refractivity (Wildman–Crippen MR) is 98.7 cm³/mol. The molecule has 0 saturated carbocycles. The van der Waals surface area contributed by atoms with E-state index in [-0.39, 0.29) is 36.7 Å². The molecule has 1 N–H and O–H groups in total. The van der Waals surface area contributed by atoms with Crippen molar-refractivity contribution in [3.63, 3.8) is 0 Å². The second-order valence-corrected chi connectivity index (χ2v) is 6.38. The fourth-order valence-electron chi connectivity index (χ4n) is 3.22. The van der Waals surface area contributed by atoms with Gasteiger partial charge in [0.25, 0.3) is 11.8 Å². The minimum Gasteiger partial charge on any atom is -0.349 e. The minimum absolute atomic E-state index is 0.0594. The van der Waals surface area contributed by atoms with Crippen molar-refractivity contribution in [2.75, 3.05) is 6.54 Å². The summed E-state index contributed by atoms with van der Waals surface area (Å²) in [6, 6.07) is 16.5. The van der Waals surface area contributed by atoms with Gasteiger partial charge in [-0.15, -0.1) is 0 Å². The van der Waals surface area contributed by atoms with E-state index in [1.807, 2.05) is 30.3 Å². The van der Waals surface area contributed by atoms with Crippen molar-refractivity contribution < 1.29 is 14.4 Å². The SMILES string of the molecule is CCC[C@@H](NC(=O)CCN1C(=O)c2ccccc2C1=O)c1ccccc1. The predicted octanol–water partition coefficient (Wildman–Crippen LogP) is 3.33. The molecule has 3 amide bonds. The fraction of sp³-hybridized carbons (Fsp3) is 0.286. The number of carbonyl (C=O) groups is 3. The molecule has 2 aromatic rings. The molecule has 1 aliphatic rings. The highest BCUT2D eigenvalue weighted by molar-refractivity contribution is 6.21. The zero-order chi connectivity index (χ0) is 18.5. The number of imide groups is 1. The lowest BCUT2D eigenvalue weighted by molar-refractivity contribution is -0.122. The third-order valence-corrected chi connectivity index (χ3v) is 4.56. The second-order valence-electron chi connectivity index (χ2n) is 6.38. The van der Waals surface area contributed by atoms with Gasteiger partial charge in [-0.1, -0.05) is 55.8 Å². The Kier molecular flexibility index (Phi) is 5.46. The number of hydrogen-bond donors (Lipinski definition) is 1. The Bertz CT molecular complexity index is 782. The van der Waals surface area contributed by atoms with Crippen LogP contribution in [0.2, 0.25) is 0 Å². The lowest BCUT2D eigenvalue weighted by Gasteiger charge is -2.20. The van der Waals surface area contributed by atoms with Gasteiger partial charge in [-0.25, -0.2) is 0 Å². The molecule has 134 valence electrons. The first-order chi connectivity index (χ1) is 12.6. The minimum atomic E-state index is -0.327. The van der Waals surface area contributed by atoms with Gasteiger partial charge < -0.3 is 5.32 Å². The second kappa shape index (κ2) is 7.95. The molecule has 3 rings (SSSR count). The van der Waals surface area contributed by atoms with Crippen molar-refractivity contribution in [3.8, 4) is 0 Å².